The average Bonchev–Trinajstić information content (AvgIpc) is 3.23. The second-order valence-corrected chi connectivity index (χ2v) is 6.43. The molecule has 0 radical (unpaired) electrons. The molecular weight excluding hydrogens is 326 g/mol. The van der Waals surface area contributed by atoms with Crippen LogP contribution in [0.4, 0.5) is 0 Å². The van der Waals surface area contributed by atoms with Gasteiger partial charge in [0.25, 0.3) is 5.91 Å². The Morgan fingerprint density at radius 1 is 1.15 bits per heavy atom. The Kier molecular flexibility index (Phi) is 5.88. The molecule has 0 spiro atoms. The molecule has 0 aromatic heterocycles. The van der Waals surface area contributed by atoms with Gasteiger partial charge in [0.05, 0.1) is 24.8 Å². The fraction of sp³-hybridized carbons (Fsp3) is 0.333. The van der Waals surface area contributed by atoms with E-state index < -0.39 is 0 Å². The molecule has 0 saturated carbocycles. The molecule has 134 valence electrons. The van der Waals surface area contributed by atoms with Crippen LogP contribution >= 0.6 is 0 Å². The molecule has 5 heteroatoms. The van der Waals surface area contributed by atoms with Crippen molar-refractivity contribution in [1.29, 1.82) is 5.26 Å². The molecule has 1 fully saturated rings. The summed E-state index contributed by atoms with van der Waals surface area (Å²) in [6, 6.07) is 17.0. The molecule has 1 aliphatic rings. The molecule has 2 aromatic carbocycles. The van der Waals surface area contributed by atoms with Crippen molar-refractivity contribution in [2.75, 3.05) is 26.7 Å². The lowest BCUT2D eigenvalue weighted by Gasteiger charge is -2.28. The van der Waals surface area contributed by atoms with Gasteiger partial charge in [-0.3, -0.25) is 9.69 Å². The molecule has 1 N–H and O–H groups in total. The number of nitriles is 1. The molecule has 2 aromatic rings. The molecule has 0 unspecified atom stereocenters. The predicted octanol–water partition coefficient (Wildman–Crippen LogP) is 3.13. The second kappa shape index (κ2) is 8.50. The Balaban J connectivity index is 1.70. The summed E-state index contributed by atoms with van der Waals surface area (Å²) < 4.78 is 5.24. The van der Waals surface area contributed by atoms with Crippen molar-refractivity contribution in [1.82, 2.24) is 10.2 Å². The minimum absolute atomic E-state index is 0.118. The van der Waals surface area contributed by atoms with Crippen LogP contribution in [0.25, 0.3) is 0 Å². The summed E-state index contributed by atoms with van der Waals surface area (Å²) in [5.41, 5.74) is 2.29. The van der Waals surface area contributed by atoms with Gasteiger partial charge in [-0.15, -0.1) is 0 Å². The number of hydrogen-bond donors (Lipinski definition) is 1. The third-order valence-electron chi connectivity index (χ3n) is 4.81. The first-order valence-corrected chi connectivity index (χ1v) is 8.87. The van der Waals surface area contributed by atoms with E-state index in [0.717, 1.165) is 18.8 Å². The monoisotopic (exact) mass is 349 g/mol. The smallest absolute Gasteiger partial charge is 0.251 e. The van der Waals surface area contributed by atoms with Crippen molar-refractivity contribution in [3.05, 3.63) is 65.2 Å². The van der Waals surface area contributed by atoms with Crippen LogP contribution in [0.2, 0.25) is 0 Å². The van der Waals surface area contributed by atoms with Gasteiger partial charge in [0.15, 0.2) is 0 Å². The number of likely N-dealkylation sites (tertiary alicyclic amines) is 1. The van der Waals surface area contributed by atoms with Gasteiger partial charge in [0.2, 0.25) is 0 Å². The standard InChI is InChI=1S/C21H23N3O2/c1-26-19-10-8-17(9-11-19)20(24-12-2-3-13-24)15-23-21(25)18-6-4-16(14-22)5-7-18/h4-11,20H,2-3,12-13,15H2,1H3,(H,23,25)/t20-/m1/s1. The largest absolute Gasteiger partial charge is 0.497 e. The SMILES string of the molecule is COc1ccc([C@@H](CNC(=O)c2ccc(C#N)cc2)N2CCCC2)cc1. The molecule has 1 amide bonds. The predicted molar refractivity (Wildman–Crippen MR) is 100 cm³/mol. The lowest BCUT2D eigenvalue weighted by atomic mass is 10.0. The van der Waals surface area contributed by atoms with E-state index in [4.69, 9.17) is 10.00 Å². The summed E-state index contributed by atoms with van der Waals surface area (Å²) in [5.74, 6) is 0.711. The first-order chi connectivity index (χ1) is 12.7. The number of ether oxygens (including phenoxy) is 1. The molecule has 1 aliphatic heterocycles. The number of amides is 1. The normalized spacial score (nSPS) is 15.2. The minimum Gasteiger partial charge on any atom is -0.497 e. The highest BCUT2D eigenvalue weighted by Crippen LogP contribution is 2.26. The van der Waals surface area contributed by atoms with Crippen LogP contribution in [0.1, 0.15) is 40.4 Å². The van der Waals surface area contributed by atoms with Crippen LogP contribution in [0.5, 0.6) is 5.75 Å². The van der Waals surface area contributed by atoms with Gasteiger partial charge in [-0.25, -0.2) is 0 Å². The van der Waals surface area contributed by atoms with Crippen molar-refractivity contribution in [2.45, 2.75) is 18.9 Å². The van der Waals surface area contributed by atoms with E-state index in [2.05, 4.69) is 28.4 Å². The summed E-state index contributed by atoms with van der Waals surface area (Å²) in [7, 11) is 1.66. The summed E-state index contributed by atoms with van der Waals surface area (Å²) >= 11 is 0. The highest BCUT2D eigenvalue weighted by molar-refractivity contribution is 5.94. The highest BCUT2D eigenvalue weighted by atomic mass is 16.5. The first-order valence-electron chi connectivity index (χ1n) is 8.87. The van der Waals surface area contributed by atoms with E-state index in [9.17, 15) is 4.79 Å². The molecule has 5 nitrogen and oxygen atoms in total. The van der Waals surface area contributed by atoms with E-state index in [0.29, 0.717) is 17.7 Å². The maximum Gasteiger partial charge on any atom is 0.251 e. The number of benzene rings is 2. The third-order valence-corrected chi connectivity index (χ3v) is 4.81. The van der Waals surface area contributed by atoms with Crippen LogP contribution in [0.15, 0.2) is 48.5 Å². The van der Waals surface area contributed by atoms with Gasteiger partial charge in [0.1, 0.15) is 5.75 Å². The number of rotatable bonds is 6. The zero-order chi connectivity index (χ0) is 18.4. The van der Waals surface area contributed by atoms with Crippen LogP contribution in [0, 0.1) is 11.3 Å². The summed E-state index contributed by atoms with van der Waals surface area (Å²) in [5, 5.41) is 11.9. The Morgan fingerprint density at radius 2 is 1.81 bits per heavy atom. The quantitative estimate of drug-likeness (QED) is 0.870. The van der Waals surface area contributed by atoms with E-state index in [1.165, 1.54) is 18.4 Å². The number of carbonyl (C=O) groups is 1. The van der Waals surface area contributed by atoms with E-state index in [1.807, 2.05) is 12.1 Å². The van der Waals surface area contributed by atoms with Gasteiger partial charge in [-0.1, -0.05) is 12.1 Å². The number of nitrogens with one attached hydrogen (secondary N) is 1. The van der Waals surface area contributed by atoms with Crippen LogP contribution in [0.3, 0.4) is 0 Å². The molecule has 26 heavy (non-hydrogen) atoms. The zero-order valence-corrected chi connectivity index (χ0v) is 14.9. The number of carbonyl (C=O) groups excluding carboxylic acids is 1. The van der Waals surface area contributed by atoms with Gasteiger partial charge >= 0.3 is 0 Å². The van der Waals surface area contributed by atoms with E-state index in [1.54, 1.807) is 31.4 Å². The second-order valence-electron chi connectivity index (χ2n) is 6.43. The van der Waals surface area contributed by atoms with Gasteiger partial charge < -0.3 is 10.1 Å². The van der Waals surface area contributed by atoms with Crippen LogP contribution in [-0.4, -0.2) is 37.6 Å². The highest BCUT2D eigenvalue weighted by Gasteiger charge is 2.24. The fourth-order valence-electron chi connectivity index (χ4n) is 3.32. The lowest BCUT2D eigenvalue weighted by molar-refractivity contribution is 0.0938. The van der Waals surface area contributed by atoms with E-state index >= 15 is 0 Å². The zero-order valence-electron chi connectivity index (χ0n) is 14.9. The Hall–Kier alpha value is -2.84. The van der Waals surface area contributed by atoms with Crippen molar-refractivity contribution < 1.29 is 9.53 Å². The molecule has 1 saturated heterocycles. The third kappa shape index (κ3) is 4.22. The van der Waals surface area contributed by atoms with Crippen LogP contribution in [-0.2, 0) is 0 Å². The van der Waals surface area contributed by atoms with Crippen LogP contribution < -0.4 is 10.1 Å². The van der Waals surface area contributed by atoms with Gasteiger partial charge in [-0.05, 0) is 67.9 Å². The molecule has 0 aliphatic carbocycles. The summed E-state index contributed by atoms with van der Waals surface area (Å²) in [4.78, 5) is 14.9. The maximum absolute atomic E-state index is 12.5. The Labute approximate surface area is 154 Å². The fourth-order valence-corrected chi connectivity index (χ4v) is 3.32. The first kappa shape index (κ1) is 18.0. The van der Waals surface area contributed by atoms with Crippen molar-refractivity contribution in [3.63, 3.8) is 0 Å². The topological polar surface area (TPSA) is 65.4 Å². The molecule has 0 bridgehead atoms. The maximum atomic E-state index is 12.5. The number of hydrogen-bond acceptors (Lipinski definition) is 4. The van der Waals surface area contributed by atoms with E-state index in [-0.39, 0.29) is 11.9 Å². The number of nitrogens with zero attached hydrogens (tertiary/aromatic N) is 2. The molecule has 1 heterocycles. The van der Waals surface area contributed by atoms with Gasteiger partial charge in [0, 0.05) is 12.1 Å². The van der Waals surface area contributed by atoms with Crippen molar-refractivity contribution >= 4 is 5.91 Å². The van der Waals surface area contributed by atoms with Crippen molar-refractivity contribution in [3.8, 4) is 11.8 Å². The van der Waals surface area contributed by atoms with Gasteiger partial charge in [-0.2, -0.15) is 5.26 Å². The lowest BCUT2D eigenvalue weighted by Crippen LogP contribution is -2.36. The Bertz CT molecular complexity index is 772. The molecule has 3 rings (SSSR count). The Morgan fingerprint density at radius 3 is 2.38 bits per heavy atom. The molecular formula is C21H23N3O2. The molecule has 1 atom stereocenters. The average molecular weight is 349 g/mol. The van der Waals surface area contributed by atoms with Crippen molar-refractivity contribution in [2.24, 2.45) is 0 Å². The number of methoxy groups -OCH3 is 1. The summed E-state index contributed by atoms with van der Waals surface area (Å²) in [6.45, 7) is 2.64. The summed E-state index contributed by atoms with van der Waals surface area (Å²) in [6.07, 6.45) is 2.38. The minimum atomic E-state index is -0.118.